The number of Topliss-reactive ketones (excluding diaryl/α,β-unsaturated/α-hetero) is 1. The Labute approximate surface area is 105 Å². The summed E-state index contributed by atoms with van der Waals surface area (Å²) in [5, 5.41) is 3.65. The summed E-state index contributed by atoms with van der Waals surface area (Å²) >= 11 is 0. The van der Waals surface area contributed by atoms with Crippen LogP contribution in [0.4, 0.5) is 0 Å². The summed E-state index contributed by atoms with van der Waals surface area (Å²) in [6.07, 6.45) is 0.367. The molecule has 4 nitrogen and oxygen atoms in total. The summed E-state index contributed by atoms with van der Waals surface area (Å²) < 4.78 is 1.81. The average molecular weight is 242 g/mol. The molecule has 1 N–H and O–H groups in total. The quantitative estimate of drug-likeness (QED) is 0.766. The maximum Gasteiger partial charge on any atom is 0.268 e. The number of hydrogen-bond donors (Lipinski definition) is 1. The highest BCUT2D eigenvalue weighted by atomic mass is 16.2. The van der Waals surface area contributed by atoms with Gasteiger partial charge >= 0.3 is 0 Å². The van der Waals surface area contributed by atoms with Crippen LogP contribution in [-0.4, -0.2) is 22.8 Å². The van der Waals surface area contributed by atoms with E-state index in [-0.39, 0.29) is 11.7 Å². The molecule has 0 radical (unpaired) electrons. The second-order valence-corrected chi connectivity index (χ2v) is 4.73. The number of nitrogens with zero attached hydrogens (tertiary/aromatic N) is 1. The monoisotopic (exact) mass is 242 g/mol. The van der Waals surface area contributed by atoms with Gasteiger partial charge in [0.25, 0.3) is 5.91 Å². The summed E-state index contributed by atoms with van der Waals surface area (Å²) in [4.78, 5) is 24.2. The van der Waals surface area contributed by atoms with Crippen molar-refractivity contribution in [1.82, 2.24) is 9.88 Å². The van der Waals surface area contributed by atoms with Crippen molar-refractivity contribution in [2.75, 3.05) is 6.54 Å². The topological polar surface area (TPSA) is 51.1 Å². The van der Waals surface area contributed by atoms with E-state index in [1.54, 1.807) is 0 Å². The second-order valence-electron chi connectivity index (χ2n) is 4.73. The van der Waals surface area contributed by atoms with E-state index in [1.165, 1.54) is 0 Å². The Bertz CT molecular complexity index is 683. The van der Waals surface area contributed by atoms with Crippen LogP contribution in [0, 0.1) is 6.92 Å². The minimum absolute atomic E-state index is 0.0413. The van der Waals surface area contributed by atoms with E-state index in [2.05, 4.69) is 5.32 Å². The maximum atomic E-state index is 12.2. The predicted octanol–water partition coefficient (Wildman–Crippen LogP) is 1.80. The van der Waals surface area contributed by atoms with Crippen molar-refractivity contribution in [3.63, 3.8) is 0 Å². The highest BCUT2D eigenvalue weighted by Gasteiger charge is 2.27. The Morgan fingerprint density at radius 1 is 1.28 bits per heavy atom. The van der Waals surface area contributed by atoms with Crippen LogP contribution in [-0.2, 0) is 7.05 Å². The summed E-state index contributed by atoms with van der Waals surface area (Å²) in [6.45, 7) is 2.40. The average Bonchev–Trinajstić information content (AvgIpc) is 2.52. The molecule has 0 atom stereocenters. The molecule has 0 saturated heterocycles. The highest BCUT2D eigenvalue weighted by Crippen LogP contribution is 2.28. The molecular formula is C14H14N2O2. The minimum Gasteiger partial charge on any atom is -0.350 e. The first-order valence-electron chi connectivity index (χ1n) is 6.00. The van der Waals surface area contributed by atoms with Crippen molar-refractivity contribution in [3.8, 4) is 0 Å². The first kappa shape index (κ1) is 11.0. The zero-order valence-corrected chi connectivity index (χ0v) is 10.4. The second kappa shape index (κ2) is 3.70. The molecule has 1 aliphatic rings. The van der Waals surface area contributed by atoms with Crippen LogP contribution in [0.25, 0.3) is 10.9 Å². The van der Waals surface area contributed by atoms with E-state index < -0.39 is 0 Å². The molecule has 1 aromatic heterocycles. The predicted molar refractivity (Wildman–Crippen MR) is 68.9 cm³/mol. The van der Waals surface area contributed by atoms with E-state index in [9.17, 15) is 9.59 Å². The molecule has 2 aromatic rings. The number of aryl methyl sites for hydroxylation is 2. The lowest BCUT2D eigenvalue weighted by Crippen LogP contribution is -2.24. The van der Waals surface area contributed by atoms with Gasteiger partial charge in [-0.2, -0.15) is 0 Å². The molecule has 0 saturated carbocycles. The van der Waals surface area contributed by atoms with Crippen LogP contribution >= 0.6 is 0 Å². The number of benzene rings is 1. The van der Waals surface area contributed by atoms with Crippen molar-refractivity contribution in [3.05, 3.63) is 35.0 Å². The molecule has 0 fully saturated rings. The number of ketones is 1. The number of carbonyl (C=O) groups excluding carboxylic acids is 2. The molecule has 0 bridgehead atoms. The molecule has 4 heteroatoms. The van der Waals surface area contributed by atoms with Crippen LogP contribution in [0.15, 0.2) is 18.2 Å². The SMILES string of the molecule is Cc1ccc2c(c1)c1c(n2C)C(=O)NCCC1=O. The van der Waals surface area contributed by atoms with Crippen molar-refractivity contribution in [1.29, 1.82) is 0 Å². The molecule has 18 heavy (non-hydrogen) atoms. The Kier molecular flexibility index (Phi) is 2.26. The molecule has 0 spiro atoms. The van der Waals surface area contributed by atoms with Gasteiger partial charge in [0.2, 0.25) is 0 Å². The lowest BCUT2D eigenvalue weighted by molar-refractivity contribution is 0.0948. The number of nitrogens with one attached hydrogen (secondary N) is 1. The molecule has 0 aliphatic carbocycles. The molecule has 1 aromatic carbocycles. The third-order valence-corrected chi connectivity index (χ3v) is 3.49. The van der Waals surface area contributed by atoms with Gasteiger partial charge in [-0.15, -0.1) is 0 Å². The normalized spacial score (nSPS) is 15.4. The molecule has 2 heterocycles. The first-order valence-corrected chi connectivity index (χ1v) is 6.00. The molecular weight excluding hydrogens is 228 g/mol. The largest absolute Gasteiger partial charge is 0.350 e. The number of hydrogen-bond acceptors (Lipinski definition) is 2. The van der Waals surface area contributed by atoms with E-state index in [0.29, 0.717) is 24.2 Å². The fourth-order valence-corrected chi connectivity index (χ4v) is 2.60. The third kappa shape index (κ3) is 1.38. The van der Waals surface area contributed by atoms with Gasteiger partial charge in [-0.1, -0.05) is 11.6 Å². The fraction of sp³-hybridized carbons (Fsp3) is 0.286. The Morgan fingerprint density at radius 2 is 2.06 bits per heavy atom. The maximum absolute atomic E-state index is 12.2. The Morgan fingerprint density at radius 3 is 2.83 bits per heavy atom. The van der Waals surface area contributed by atoms with Gasteiger partial charge in [-0.25, -0.2) is 0 Å². The van der Waals surface area contributed by atoms with Crippen molar-refractivity contribution >= 4 is 22.6 Å². The summed E-state index contributed by atoms with van der Waals surface area (Å²) in [6, 6.07) is 5.93. The number of rotatable bonds is 0. The van der Waals surface area contributed by atoms with Crippen molar-refractivity contribution in [2.24, 2.45) is 7.05 Å². The standard InChI is InChI=1S/C14H14N2O2/c1-8-3-4-10-9(7-8)12-11(17)5-6-15-14(18)13(12)16(10)2/h3-4,7H,5-6H2,1-2H3,(H,15,18). The minimum atomic E-state index is -0.160. The van der Waals surface area contributed by atoms with Gasteiger partial charge in [0.15, 0.2) is 5.78 Å². The highest BCUT2D eigenvalue weighted by molar-refractivity contribution is 6.17. The number of aromatic nitrogens is 1. The van der Waals surface area contributed by atoms with E-state index in [1.807, 2.05) is 36.7 Å². The van der Waals surface area contributed by atoms with Gasteiger partial charge < -0.3 is 9.88 Å². The molecule has 1 amide bonds. The van der Waals surface area contributed by atoms with E-state index in [0.717, 1.165) is 16.5 Å². The fourth-order valence-electron chi connectivity index (χ4n) is 2.60. The van der Waals surface area contributed by atoms with Crippen molar-refractivity contribution in [2.45, 2.75) is 13.3 Å². The molecule has 0 unspecified atom stereocenters. The Hall–Kier alpha value is -2.10. The molecule has 92 valence electrons. The summed E-state index contributed by atoms with van der Waals surface area (Å²) in [7, 11) is 1.83. The number of fused-ring (bicyclic) bond motifs is 3. The van der Waals surface area contributed by atoms with Crippen LogP contribution in [0.3, 0.4) is 0 Å². The smallest absolute Gasteiger partial charge is 0.268 e. The van der Waals surface area contributed by atoms with Gasteiger partial charge in [0.05, 0.1) is 5.56 Å². The lowest BCUT2D eigenvalue weighted by atomic mass is 10.0. The zero-order valence-electron chi connectivity index (χ0n) is 10.4. The molecule has 3 rings (SSSR count). The van der Waals surface area contributed by atoms with Gasteiger partial charge in [-0.3, -0.25) is 9.59 Å². The van der Waals surface area contributed by atoms with Gasteiger partial charge in [0, 0.05) is 30.9 Å². The summed E-state index contributed by atoms with van der Waals surface area (Å²) in [5.74, 6) is -0.119. The van der Waals surface area contributed by atoms with Crippen LogP contribution in [0.2, 0.25) is 0 Å². The van der Waals surface area contributed by atoms with Crippen molar-refractivity contribution < 1.29 is 9.59 Å². The number of carbonyl (C=O) groups is 2. The zero-order chi connectivity index (χ0) is 12.9. The van der Waals surface area contributed by atoms with E-state index >= 15 is 0 Å². The first-order chi connectivity index (χ1) is 8.59. The molecule has 1 aliphatic heterocycles. The van der Waals surface area contributed by atoms with Crippen LogP contribution < -0.4 is 5.32 Å². The van der Waals surface area contributed by atoms with Gasteiger partial charge in [-0.05, 0) is 19.1 Å². The van der Waals surface area contributed by atoms with E-state index in [4.69, 9.17) is 0 Å². The van der Waals surface area contributed by atoms with Crippen LogP contribution in [0.1, 0.15) is 32.8 Å². The van der Waals surface area contributed by atoms with Gasteiger partial charge in [0.1, 0.15) is 5.69 Å². The Balaban J connectivity index is 2.45. The third-order valence-electron chi connectivity index (χ3n) is 3.49. The lowest BCUT2D eigenvalue weighted by Gasteiger charge is -2.03. The summed E-state index contributed by atoms with van der Waals surface area (Å²) in [5.41, 5.74) is 3.08. The van der Waals surface area contributed by atoms with Crippen LogP contribution in [0.5, 0.6) is 0 Å². The number of amides is 1.